The predicted octanol–water partition coefficient (Wildman–Crippen LogP) is 0.528. The van der Waals surface area contributed by atoms with E-state index in [9.17, 15) is 0 Å². The summed E-state index contributed by atoms with van der Waals surface area (Å²) in [5.74, 6) is 1.48. The largest absolute Gasteiger partial charge is 0.339 e. The predicted molar refractivity (Wildman–Crippen MR) is 78.5 cm³/mol. The summed E-state index contributed by atoms with van der Waals surface area (Å²) in [5.41, 5.74) is 6.01. The molecule has 6 nitrogen and oxygen atoms in total. The minimum atomic E-state index is 0.122. The fourth-order valence-corrected chi connectivity index (χ4v) is 2.69. The van der Waals surface area contributed by atoms with Gasteiger partial charge in [-0.25, -0.2) is 0 Å². The van der Waals surface area contributed by atoms with Crippen LogP contribution in [0.5, 0.6) is 0 Å². The molecule has 2 heterocycles. The second kappa shape index (κ2) is 7.15. The van der Waals surface area contributed by atoms with Crippen LogP contribution in [0.2, 0.25) is 0 Å². The summed E-state index contributed by atoms with van der Waals surface area (Å²) < 4.78 is 5.31. The van der Waals surface area contributed by atoms with Crippen LogP contribution in [-0.2, 0) is 12.8 Å². The smallest absolute Gasteiger partial charge is 0.228 e. The Kier molecular flexibility index (Phi) is 5.51. The van der Waals surface area contributed by atoms with E-state index in [1.54, 1.807) is 0 Å². The van der Waals surface area contributed by atoms with Crippen molar-refractivity contribution in [3.05, 3.63) is 11.7 Å². The van der Waals surface area contributed by atoms with Gasteiger partial charge in [-0.2, -0.15) is 4.98 Å². The molecule has 1 aliphatic heterocycles. The number of hydrogen-bond donors (Lipinski definition) is 1. The average molecular weight is 281 g/mol. The molecule has 6 heteroatoms. The number of piperazine rings is 1. The molecule has 1 fully saturated rings. The minimum absolute atomic E-state index is 0.122. The van der Waals surface area contributed by atoms with Crippen molar-refractivity contribution in [2.24, 2.45) is 5.73 Å². The number of rotatable bonds is 6. The third-order valence-corrected chi connectivity index (χ3v) is 4.00. The summed E-state index contributed by atoms with van der Waals surface area (Å²) in [5, 5.41) is 4.10. The van der Waals surface area contributed by atoms with Crippen LogP contribution >= 0.6 is 0 Å². The zero-order valence-corrected chi connectivity index (χ0v) is 12.9. The van der Waals surface area contributed by atoms with Gasteiger partial charge in [-0.15, -0.1) is 0 Å². The van der Waals surface area contributed by atoms with Crippen LogP contribution < -0.4 is 5.73 Å². The lowest BCUT2D eigenvalue weighted by Gasteiger charge is -2.37. The van der Waals surface area contributed by atoms with Crippen LogP contribution in [-0.4, -0.2) is 65.8 Å². The first-order valence-corrected chi connectivity index (χ1v) is 7.54. The van der Waals surface area contributed by atoms with E-state index in [1.165, 1.54) is 0 Å². The van der Waals surface area contributed by atoms with Gasteiger partial charge in [0.1, 0.15) is 0 Å². The monoisotopic (exact) mass is 281 g/mol. The van der Waals surface area contributed by atoms with E-state index in [1.807, 2.05) is 0 Å². The molecule has 0 aliphatic carbocycles. The molecule has 0 aromatic carbocycles. The van der Waals surface area contributed by atoms with E-state index in [-0.39, 0.29) is 6.04 Å². The van der Waals surface area contributed by atoms with E-state index < -0.39 is 0 Å². The van der Waals surface area contributed by atoms with E-state index in [4.69, 9.17) is 10.3 Å². The Bertz CT molecular complexity index is 408. The van der Waals surface area contributed by atoms with Gasteiger partial charge in [-0.3, -0.25) is 0 Å². The summed E-state index contributed by atoms with van der Waals surface area (Å²) in [6, 6.07) is 0.584. The Morgan fingerprint density at radius 2 is 2.20 bits per heavy atom. The third kappa shape index (κ3) is 4.26. The molecule has 0 amide bonds. The summed E-state index contributed by atoms with van der Waals surface area (Å²) >= 11 is 0. The van der Waals surface area contributed by atoms with Crippen LogP contribution in [0, 0.1) is 0 Å². The Hall–Kier alpha value is -0.980. The van der Waals surface area contributed by atoms with Crippen molar-refractivity contribution in [1.29, 1.82) is 0 Å². The fourth-order valence-electron chi connectivity index (χ4n) is 2.69. The molecule has 20 heavy (non-hydrogen) atoms. The molecule has 1 aromatic heterocycles. The quantitative estimate of drug-likeness (QED) is 0.820. The van der Waals surface area contributed by atoms with Gasteiger partial charge < -0.3 is 20.1 Å². The minimum Gasteiger partial charge on any atom is -0.339 e. The maximum atomic E-state index is 6.01. The summed E-state index contributed by atoms with van der Waals surface area (Å²) in [6.45, 7) is 5.40. The molecule has 2 rings (SSSR count). The normalized spacial score (nSPS) is 23.1. The SMILES string of the molecule is CCCC(N)Cc1nc(CC2CN(C)CCN2C)no1. The molecule has 2 atom stereocenters. The van der Waals surface area contributed by atoms with Crippen molar-refractivity contribution in [3.8, 4) is 0 Å². The number of aromatic nitrogens is 2. The molecule has 1 saturated heterocycles. The van der Waals surface area contributed by atoms with Crippen molar-refractivity contribution in [2.45, 2.75) is 44.7 Å². The molecular formula is C14H27N5O. The van der Waals surface area contributed by atoms with Crippen molar-refractivity contribution in [2.75, 3.05) is 33.7 Å². The fraction of sp³-hybridized carbons (Fsp3) is 0.857. The number of likely N-dealkylation sites (N-methyl/N-ethyl adjacent to an activating group) is 2. The van der Waals surface area contributed by atoms with E-state index in [2.05, 4.69) is 41.0 Å². The Morgan fingerprint density at radius 1 is 1.40 bits per heavy atom. The van der Waals surface area contributed by atoms with Gasteiger partial charge in [0.05, 0.1) is 0 Å². The van der Waals surface area contributed by atoms with E-state index >= 15 is 0 Å². The van der Waals surface area contributed by atoms with Gasteiger partial charge in [0.15, 0.2) is 5.82 Å². The number of nitrogens with zero attached hydrogens (tertiary/aromatic N) is 4. The second-order valence-electron chi connectivity index (χ2n) is 5.96. The first-order chi connectivity index (χ1) is 9.58. The van der Waals surface area contributed by atoms with Gasteiger partial charge in [0.25, 0.3) is 0 Å². The highest BCUT2D eigenvalue weighted by Gasteiger charge is 2.24. The van der Waals surface area contributed by atoms with Crippen molar-refractivity contribution >= 4 is 0 Å². The maximum Gasteiger partial charge on any atom is 0.228 e. The van der Waals surface area contributed by atoms with Gasteiger partial charge in [0, 0.05) is 44.6 Å². The van der Waals surface area contributed by atoms with Crippen molar-refractivity contribution in [1.82, 2.24) is 19.9 Å². The molecule has 0 bridgehead atoms. The Balaban J connectivity index is 1.88. The molecule has 2 unspecified atom stereocenters. The maximum absolute atomic E-state index is 6.01. The topological polar surface area (TPSA) is 71.4 Å². The highest BCUT2D eigenvalue weighted by Crippen LogP contribution is 2.12. The van der Waals surface area contributed by atoms with Crippen LogP contribution in [0.3, 0.4) is 0 Å². The van der Waals surface area contributed by atoms with E-state index in [0.717, 1.165) is 44.7 Å². The van der Waals surface area contributed by atoms with E-state index in [0.29, 0.717) is 18.4 Å². The summed E-state index contributed by atoms with van der Waals surface area (Å²) in [6.07, 6.45) is 3.60. The highest BCUT2D eigenvalue weighted by atomic mass is 16.5. The van der Waals surface area contributed by atoms with Crippen molar-refractivity contribution in [3.63, 3.8) is 0 Å². The van der Waals surface area contributed by atoms with Crippen LogP contribution in [0.1, 0.15) is 31.5 Å². The lowest BCUT2D eigenvalue weighted by atomic mass is 10.1. The van der Waals surface area contributed by atoms with Gasteiger partial charge in [-0.1, -0.05) is 18.5 Å². The molecule has 2 N–H and O–H groups in total. The molecular weight excluding hydrogens is 254 g/mol. The summed E-state index contributed by atoms with van der Waals surface area (Å²) in [4.78, 5) is 9.21. The zero-order chi connectivity index (χ0) is 14.5. The average Bonchev–Trinajstić information content (AvgIpc) is 2.81. The van der Waals surface area contributed by atoms with Crippen LogP contribution in [0.15, 0.2) is 4.52 Å². The van der Waals surface area contributed by atoms with Gasteiger partial charge in [-0.05, 0) is 20.5 Å². The van der Waals surface area contributed by atoms with Crippen molar-refractivity contribution < 1.29 is 4.52 Å². The molecule has 0 spiro atoms. The first kappa shape index (κ1) is 15.4. The van der Waals surface area contributed by atoms with Crippen LogP contribution in [0.4, 0.5) is 0 Å². The van der Waals surface area contributed by atoms with Gasteiger partial charge in [0.2, 0.25) is 5.89 Å². The molecule has 114 valence electrons. The molecule has 0 saturated carbocycles. The Morgan fingerprint density at radius 3 is 2.95 bits per heavy atom. The third-order valence-electron chi connectivity index (χ3n) is 4.00. The number of nitrogens with two attached hydrogens (primary N) is 1. The standard InChI is InChI=1S/C14H27N5O/c1-4-5-11(15)8-14-16-13(17-20-14)9-12-10-18(2)6-7-19(12)3/h11-12H,4-10,15H2,1-3H3. The lowest BCUT2D eigenvalue weighted by Crippen LogP contribution is -2.50. The first-order valence-electron chi connectivity index (χ1n) is 7.54. The van der Waals surface area contributed by atoms with Gasteiger partial charge >= 0.3 is 0 Å². The number of hydrogen-bond acceptors (Lipinski definition) is 6. The van der Waals surface area contributed by atoms with Crippen LogP contribution in [0.25, 0.3) is 0 Å². The summed E-state index contributed by atoms with van der Waals surface area (Å²) in [7, 11) is 4.32. The zero-order valence-electron chi connectivity index (χ0n) is 12.9. The molecule has 1 aliphatic rings. The lowest BCUT2D eigenvalue weighted by molar-refractivity contribution is 0.113. The highest BCUT2D eigenvalue weighted by molar-refractivity contribution is 4.94. The molecule has 0 radical (unpaired) electrons. The molecule has 1 aromatic rings. The second-order valence-corrected chi connectivity index (χ2v) is 5.96. The Labute approximate surface area is 121 Å².